The zero-order valence-corrected chi connectivity index (χ0v) is 13.4. The summed E-state index contributed by atoms with van der Waals surface area (Å²) in [5, 5.41) is 13.7. The van der Waals surface area contributed by atoms with Crippen LogP contribution in [0.3, 0.4) is 0 Å². The number of ether oxygens (including phenoxy) is 1. The molecule has 2 N–H and O–H groups in total. The van der Waals surface area contributed by atoms with Crippen LogP contribution in [0.1, 0.15) is 11.1 Å². The third-order valence-electron chi connectivity index (χ3n) is 3.05. The molecule has 0 heterocycles. The number of halogens is 2. The molecule has 2 rings (SSSR count). The average molecular weight is 328 g/mol. The molecule has 2 aromatic rings. The van der Waals surface area contributed by atoms with Gasteiger partial charge in [0.15, 0.2) is 11.5 Å². The van der Waals surface area contributed by atoms with Gasteiger partial charge in [0.1, 0.15) is 0 Å². The minimum absolute atomic E-state index is 0. The Labute approximate surface area is 136 Å². The second-order valence-corrected chi connectivity index (χ2v) is 5.00. The third-order valence-corrected chi connectivity index (χ3v) is 3.29. The largest absolute Gasteiger partial charge is 0.504 e. The molecule has 0 aliphatic carbocycles. The fourth-order valence-corrected chi connectivity index (χ4v) is 2.20. The zero-order chi connectivity index (χ0) is 14.4. The molecule has 2 aromatic carbocycles. The highest BCUT2D eigenvalue weighted by Gasteiger charge is 2.02. The second-order valence-electron chi connectivity index (χ2n) is 4.56. The molecule has 0 aliphatic rings. The fraction of sp³-hybridized carbons (Fsp3) is 0.250. The molecule has 0 saturated heterocycles. The summed E-state index contributed by atoms with van der Waals surface area (Å²) in [5.41, 5.74) is 2.29. The maximum atomic E-state index is 9.52. The van der Waals surface area contributed by atoms with Gasteiger partial charge >= 0.3 is 0 Å². The quantitative estimate of drug-likeness (QED) is 0.793. The van der Waals surface area contributed by atoms with Crippen molar-refractivity contribution in [3.63, 3.8) is 0 Å². The van der Waals surface area contributed by atoms with E-state index >= 15 is 0 Å². The Hall–Kier alpha value is -1.42. The standard InChI is InChI=1S/C16H18ClNO2.ClH/c1-20-16-10-13(5-6-15(16)19)11-18-8-7-12-3-2-4-14(17)9-12;/h2-6,9-10,18-19H,7-8,11H2,1H3;1H. The Morgan fingerprint density at radius 1 is 1.14 bits per heavy atom. The van der Waals surface area contributed by atoms with Crippen LogP contribution in [0.5, 0.6) is 11.5 Å². The van der Waals surface area contributed by atoms with Crippen LogP contribution in [-0.2, 0) is 13.0 Å². The smallest absolute Gasteiger partial charge is 0.160 e. The van der Waals surface area contributed by atoms with E-state index < -0.39 is 0 Å². The number of hydrogen-bond donors (Lipinski definition) is 2. The van der Waals surface area contributed by atoms with Crippen molar-refractivity contribution < 1.29 is 9.84 Å². The number of rotatable bonds is 6. The van der Waals surface area contributed by atoms with Gasteiger partial charge in [0.05, 0.1) is 7.11 Å². The van der Waals surface area contributed by atoms with E-state index in [2.05, 4.69) is 11.4 Å². The molecule has 0 spiro atoms. The van der Waals surface area contributed by atoms with Gasteiger partial charge in [-0.2, -0.15) is 0 Å². The number of nitrogens with one attached hydrogen (secondary N) is 1. The molecular weight excluding hydrogens is 309 g/mol. The van der Waals surface area contributed by atoms with Gasteiger partial charge in [0.25, 0.3) is 0 Å². The summed E-state index contributed by atoms with van der Waals surface area (Å²) in [7, 11) is 1.55. The summed E-state index contributed by atoms with van der Waals surface area (Å²) >= 11 is 5.94. The molecule has 0 fully saturated rings. The summed E-state index contributed by atoms with van der Waals surface area (Å²) in [6.45, 7) is 1.60. The normalized spacial score (nSPS) is 10.0. The van der Waals surface area contributed by atoms with Crippen LogP contribution in [-0.4, -0.2) is 18.8 Å². The monoisotopic (exact) mass is 327 g/mol. The van der Waals surface area contributed by atoms with Crippen molar-refractivity contribution in [2.24, 2.45) is 0 Å². The molecule has 0 aliphatic heterocycles. The molecule has 114 valence electrons. The van der Waals surface area contributed by atoms with Gasteiger partial charge in [-0.15, -0.1) is 12.4 Å². The molecule has 0 saturated carbocycles. The lowest BCUT2D eigenvalue weighted by Gasteiger charge is -2.08. The lowest BCUT2D eigenvalue weighted by Crippen LogP contribution is -2.16. The van der Waals surface area contributed by atoms with Crippen LogP contribution in [0.15, 0.2) is 42.5 Å². The van der Waals surface area contributed by atoms with E-state index in [0.29, 0.717) is 5.75 Å². The minimum atomic E-state index is 0. The zero-order valence-electron chi connectivity index (χ0n) is 11.8. The lowest BCUT2D eigenvalue weighted by molar-refractivity contribution is 0.373. The first-order valence-corrected chi connectivity index (χ1v) is 6.88. The van der Waals surface area contributed by atoms with E-state index in [-0.39, 0.29) is 18.2 Å². The number of phenols is 1. The molecule has 0 radical (unpaired) electrons. The topological polar surface area (TPSA) is 41.5 Å². The number of methoxy groups -OCH3 is 1. The number of benzene rings is 2. The van der Waals surface area contributed by atoms with Crippen LogP contribution in [0.4, 0.5) is 0 Å². The van der Waals surface area contributed by atoms with Crippen LogP contribution >= 0.6 is 24.0 Å². The summed E-state index contributed by atoms with van der Waals surface area (Å²) in [4.78, 5) is 0. The van der Waals surface area contributed by atoms with E-state index in [1.54, 1.807) is 13.2 Å². The van der Waals surface area contributed by atoms with Crippen molar-refractivity contribution in [3.8, 4) is 11.5 Å². The summed E-state index contributed by atoms with van der Waals surface area (Å²) in [5.74, 6) is 0.661. The fourth-order valence-electron chi connectivity index (χ4n) is 1.99. The minimum Gasteiger partial charge on any atom is -0.504 e. The maximum absolute atomic E-state index is 9.52. The molecule has 0 aromatic heterocycles. The van der Waals surface area contributed by atoms with Gasteiger partial charge in [-0.05, 0) is 48.4 Å². The predicted octanol–water partition coefficient (Wildman–Crippen LogP) is 3.81. The molecule has 3 nitrogen and oxygen atoms in total. The van der Waals surface area contributed by atoms with Crippen molar-refractivity contribution in [3.05, 3.63) is 58.6 Å². The maximum Gasteiger partial charge on any atom is 0.160 e. The van der Waals surface area contributed by atoms with Crippen molar-refractivity contribution in [2.75, 3.05) is 13.7 Å². The van der Waals surface area contributed by atoms with Crippen LogP contribution < -0.4 is 10.1 Å². The summed E-state index contributed by atoms with van der Waals surface area (Å²) in [6, 6.07) is 13.2. The SMILES string of the molecule is COc1cc(CNCCc2cccc(Cl)c2)ccc1O.Cl. The average Bonchev–Trinajstić information content (AvgIpc) is 2.45. The molecular formula is C16H19Cl2NO2. The Kier molecular flexibility index (Phi) is 7.37. The first-order valence-electron chi connectivity index (χ1n) is 6.50. The van der Waals surface area contributed by atoms with E-state index in [1.165, 1.54) is 5.56 Å². The van der Waals surface area contributed by atoms with E-state index in [0.717, 1.165) is 30.1 Å². The predicted molar refractivity (Wildman–Crippen MR) is 88.8 cm³/mol. The van der Waals surface area contributed by atoms with E-state index in [4.69, 9.17) is 16.3 Å². The Balaban J connectivity index is 0.00000220. The van der Waals surface area contributed by atoms with Gasteiger partial charge in [-0.3, -0.25) is 0 Å². The van der Waals surface area contributed by atoms with Crippen LogP contribution in [0.2, 0.25) is 5.02 Å². The highest BCUT2D eigenvalue weighted by atomic mass is 35.5. The van der Waals surface area contributed by atoms with Crippen molar-refractivity contribution in [1.29, 1.82) is 0 Å². The van der Waals surface area contributed by atoms with E-state index in [1.807, 2.05) is 30.3 Å². The van der Waals surface area contributed by atoms with Gasteiger partial charge in [0, 0.05) is 11.6 Å². The number of phenolic OH excluding ortho intramolecular Hbond substituents is 1. The summed E-state index contributed by atoms with van der Waals surface area (Å²) in [6.07, 6.45) is 0.926. The number of aromatic hydroxyl groups is 1. The first kappa shape index (κ1) is 17.6. The van der Waals surface area contributed by atoms with Gasteiger partial charge in [0.2, 0.25) is 0 Å². The van der Waals surface area contributed by atoms with Gasteiger partial charge < -0.3 is 15.2 Å². The molecule has 0 bridgehead atoms. The van der Waals surface area contributed by atoms with Crippen LogP contribution in [0, 0.1) is 0 Å². The number of hydrogen-bond acceptors (Lipinski definition) is 3. The molecule has 0 unspecified atom stereocenters. The molecule has 5 heteroatoms. The van der Waals surface area contributed by atoms with Gasteiger partial charge in [-0.1, -0.05) is 29.8 Å². The van der Waals surface area contributed by atoms with Crippen LogP contribution in [0.25, 0.3) is 0 Å². The molecule has 0 amide bonds. The van der Waals surface area contributed by atoms with E-state index in [9.17, 15) is 5.11 Å². The summed E-state index contributed by atoms with van der Waals surface area (Å²) < 4.78 is 5.08. The lowest BCUT2D eigenvalue weighted by atomic mass is 10.1. The highest BCUT2D eigenvalue weighted by Crippen LogP contribution is 2.26. The molecule has 21 heavy (non-hydrogen) atoms. The van der Waals surface area contributed by atoms with Crippen molar-refractivity contribution in [2.45, 2.75) is 13.0 Å². The Morgan fingerprint density at radius 2 is 1.95 bits per heavy atom. The Morgan fingerprint density at radius 3 is 2.67 bits per heavy atom. The third kappa shape index (κ3) is 5.46. The second kappa shape index (κ2) is 8.78. The first-order chi connectivity index (χ1) is 9.69. The van der Waals surface area contributed by atoms with Gasteiger partial charge in [-0.25, -0.2) is 0 Å². The Bertz CT molecular complexity index is 576. The van der Waals surface area contributed by atoms with Crippen molar-refractivity contribution in [1.82, 2.24) is 5.32 Å². The highest BCUT2D eigenvalue weighted by molar-refractivity contribution is 6.30. The molecule has 0 atom stereocenters. The van der Waals surface area contributed by atoms with Crippen molar-refractivity contribution >= 4 is 24.0 Å².